The Hall–Kier alpha value is -2.15. The molecule has 0 heterocycles. The highest BCUT2D eigenvalue weighted by Gasteiger charge is 2.30. The van der Waals surface area contributed by atoms with Gasteiger partial charge in [-0.25, -0.2) is 0 Å². The zero-order chi connectivity index (χ0) is 20.1. The lowest BCUT2D eigenvalue weighted by Gasteiger charge is -2.31. The molecule has 146 valence electrons. The molecule has 2 unspecified atom stereocenters. The van der Waals surface area contributed by atoms with Gasteiger partial charge in [-0.2, -0.15) is 0 Å². The summed E-state index contributed by atoms with van der Waals surface area (Å²) in [5.74, 6) is 0.413. The van der Waals surface area contributed by atoms with E-state index in [0.717, 1.165) is 29.7 Å². The number of benzene rings is 3. The highest BCUT2D eigenvalue weighted by atomic mass is 31.1. The predicted octanol–water partition coefficient (Wildman–Crippen LogP) is 5.75. The Morgan fingerprint density at radius 2 is 1.57 bits per heavy atom. The average Bonchev–Trinajstić information content (AvgIpc) is 2.70. The lowest BCUT2D eigenvalue weighted by atomic mass is 9.92. The van der Waals surface area contributed by atoms with Crippen LogP contribution in [0.3, 0.4) is 0 Å². The predicted molar refractivity (Wildman–Crippen MR) is 123 cm³/mol. The van der Waals surface area contributed by atoms with Crippen molar-refractivity contribution in [1.82, 2.24) is 4.90 Å². The Bertz CT molecular complexity index is 923. The molecule has 3 rings (SSSR count). The smallest absolute Gasteiger partial charge is 0.127 e. The van der Waals surface area contributed by atoms with Crippen molar-refractivity contribution < 1.29 is 5.11 Å². The summed E-state index contributed by atoms with van der Waals surface area (Å²) in [6.07, 6.45) is 0.966. The molecule has 3 aromatic rings. The van der Waals surface area contributed by atoms with Gasteiger partial charge in [0, 0.05) is 22.8 Å². The average molecular weight is 391 g/mol. The van der Waals surface area contributed by atoms with E-state index in [2.05, 4.69) is 81.4 Å². The van der Waals surface area contributed by atoms with Crippen LogP contribution in [0.5, 0.6) is 5.75 Å². The van der Waals surface area contributed by atoms with E-state index in [0.29, 0.717) is 14.3 Å². The van der Waals surface area contributed by atoms with Gasteiger partial charge in [0.2, 0.25) is 0 Å². The Balaban J connectivity index is 2.02. The summed E-state index contributed by atoms with van der Waals surface area (Å²) in [4.78, 5) is 2.21. The van der Waals surface area contributed by atoms with Crippen LogP contribution < -0.4 is 5.30 Å². The van der Waals surface area contributed by atoms with Crippen molar-refractivity contribution in [2.24, 2.45) is 0 Å². The second kappa shape index (κ2) is 8.90. The molecule has 1 N–H and O–H groups in total. The zero-order valence-corrected chi connectivity index (χ0v) is 18.2. The fourth-order valence-electron chi connectivity index (χ4n) is 3.60. The lowest BCUT2D eigenvalue weighted by molar-refractivity contribution is 0.403. The molecule has 3 aromatic carbocycles. The molecule has 0 fully saturated rings. The van der Waals surface area contributed by atoms with E-state index < -0.39 is 0 Å². The number of nitrogens with zero attached hydrogens (tertiary/aromatic N) is 1. The van der Waals surface area contributed by atoms with Crippen LogP contribution in [-0.4, -0.2) is 24.1 Å². The number of hydrogen-bond acceptors (Lipinski definition) is 2. The van der Waals surface area contributed by atoms with Gasteiger partial charge in [-0.3, -0.25) is 0 Å². The largest absolute Gasteiger partial charge is 0.507 e. The van der Waals surface area contributed by atoms with E-state index in [1.54, 1.807) is 0 Å². The van der Waals surface area contributed by atoms with E-state index in [1.165, 1.54) is 10.9 Å². The maximum Gasteiger partial charge on any atom is 0.127 e. The van der Waals surface area contributed by atoms with Crippen LogP contribution in [0.4, 0.5) is 0 Å². The fraction of sp³-hybridized carbons (Fsp3) is 0.280. The van der Waals surface area contributed by atoms with E-state index in [9.17, 15) is 5.11 Å². The normalized spacial score (nSPS) is 13.9. The molecule has 3 heteroatoms. The SMILES string of the molecule is CCC(C)(Pc1ccccc1CN(C)C)c1cccc(-c2ccccc2)c1O. The number of hydrogen-bond donors (Lipinski definition) is 1. The number of phenolic OH excluding ortho intramolecular Hbond substituents is 1. The molecule has 0 radical (unpaired) electrons. The van der Waals surface area contributed by atoms with Crippen LogP contribution in [0, 0.1) is 0 Å². The van der Waals surface area contributed by atoms with Gasteiger partial charge < -0.3 is 10.0 Å². The summed E-state index contributed by atoms with van der Waals surface area (Å²) >= 11 is 0. The topological polar surface area (TPSA) is 23.5 Å². The van der Waals surface area contributed by atoms with Gasteiger partial charge in [0.1, 0.15) is 5.75 Å². The molecule has 0 saturated heterocycles. The van der Waals surface area contributed by atoms with Crippen molar-refractivity contribution in [3.8, 4) is 16.9 Å². The van der Waals surface area contributed by atoms with Gasteiger partial charge in [-0.15, -0.1) is 0 Å². The van der Waals surface area contributed by atoms with Crippen LogP contribution in [0.1, 0.15) is 31.4 Å². The first-order valence-electron chi connectivity index (χ1n) is 9.83. The number of para-hydroxylation sites is 1. The molecule has 0 saturated carbocycles. The first-order valence-corrected chi connectivity index (χ1v) is 10.8. The second-order valence-electron chi connectivity index (χ2n) is 7.77. The number of aromatic hydroxyl groups is 1. The van der Waals surface area contributed by atoms with Crippen LogP contribution in [0.25, 0.3) is 11.1 Å². The molecule has 0 bridgehead atoms. The summed E-state index contributed by atoms with van der Waals surface area (Å²) in [6.45, 7) is 5.43. The third-order valence-electron chi connectivity index (χ3n) is 5.34. The lowest BCUT2D eigenvalue weighted by Crippen LogP contribution is -2.22. The summed E-state index contributed by atoms with van der Waals surface area (Å²) in [6, 6.07) is 25.0. The molecular weight excluding hydrogens is 361 g/mol. The summed E-state index contributed by atoms with van der Waals surface area (Å²) < 4.78 is 0. The zero-order valence-electron chi connectivity index (χ0n) is 17.2. The third-order valence-corrected chi connectivity index (χ3v) is 7.27. The van der Waals surface area contributed by atoms with E-state index in [1.807, 2.05) is 24.3 Å². The quantitative estimate of drug-likeness (QED) is 0.518. The van der Waals surface area contributed by atoms with Crippen LogP contribution >= 0.6 is 8.58 Å². The summed E-state index contributed by atoms with van der Waals surface area (Å²) in [5.41, 5.74) is 4.36. The van der Waals surface area contributed by atoms with Crippen LogP contribution in [-0.2, 0) is 11.7 Å². The molecule has 28 heavy (non-hydrogen) atoms. The fourth-order valence-corrected chi connectivity index (χ4v) is 5.21. The molecule has 0 aliphatic heterocycles. The van der Waals surface area contributed by atoms with E-state index in [-0.39, 0.29) is 5.16 Å². The molecule has 2 atom stereocenters. The number of phenols is 1. The summed E-state index contributed by atoms with van der Waals surface area (Å²) in [7, 11) is 4.80. The molecule has 0 aromatic heterocycles. The van der Waals surface area contributed by atoms with Gasteiger partial charge in [0.15, 0.2) is 0 Å². The first kappa shape index (κ1) is 20.6. The van der Waals surface area contributed by atoms with E-state index in [4.69, 9.17) is 0 Å². The van der Waals surface area contributed by atoms with Gasteiger partial charge >= 0.3 is 0 Å². The van der Waals surface area contributed by atoms with Crippen LogP contribution in [0.15, 0.2) is 72.8 Å². The standard InChI is InChI=1S/C25H30NOP/c1-5-25(2,28-23-17-10-9-14-20(23)18-26(3)4)22-16-11-15-21(24(22)27)19-12-7-6-8-13-19/h6-17,27-28H,5,18H2,1-4H3. The van der Waals surface area contributed by atoms with Gasteiger partial charge in [-0.1, -0.05) is 95.2 Å². The molecule has 0 spiro atoms. The highest BCUT2D eigenvalue weighted by Crippen LogP contribution is 2.49. The first-order chi connectivity index (χ1) is 13.4. The summed E-state index contributed by atoms with van der Waals surface area (Å²) in [5, 5.41) is 12.5. The van der Waals surface area contributed by atoms with Crippen molar-refractivity contribution in [2.45, 2.75) is 32.0 Å². The Kier molecular flexibility index (Phi) is 6.54. The third kappa shape index (κ3) is 4.46. The molecule has 2 nitrogen and oxygen atoms in total. The van der Waals surface area contributed by atoms with Crippen molar-refractivity contribution >= 4 is 13.9 Å². The molecular formula is C25H30NOP. The van der Waals surface area contributed by atoms with Gasteiger partial charge in [0.05, 0.1) is 0 Å². The van der Waals surface area contributed by atoms with Crippen molar-refractivity contribution in [3.05, 3.63) is 83.9 Å². The molecule has 0 aliphatic carbocycles. The second-order valence-corrected chi connectivity index (χ2v) is 9.67. The Morgan fingerprint density at radius 3 is 2.25 bits per heavy atom. The van der Waals surface area contributed by atoms with Gasteiger partial charge in [-0.05, 0) is 36.9 Å². The minimum atomic E-state index is -0.114. The van der Waals surface area contributed by atoms with Gasteiger partial charge in [0.25, 0.3) is 0 Å². The minimum Gasteiger partial charge on any atom is -0.507 e. The van der Waals surface area contributed by atoms with Crippen molar-refractivity contribution in [1.29, 1.82) is 0 Å². The maximum absolute atomic E-state index is 11.2. The maximum atomic E-state index is 11.2. The minimum absolute atomic E-state index is 0.114. The number of rotatable bonds is 7. The van der Waals surface area contributed by atoms with Crippen molar-refractivity contribution in [2.75, 3.05) is 14.1 Å². The Morgan fingerprint density at radius 1 is 0.893 bits per heavy atom. The van der Waals surface area contributed by atoms with E-state index >= 15 is 0 Å². The Labute approximate surface area is 171 Å². The molecule has 0 amide bonds. The highest BCUT2D eigenvalue weighted by molar-refractivity contribution is 7.48. The van der Waals surface area contributed by atoms with Crippen molar-refractivity contribution in [3.63, 3.8) is 0 Å². The van der Waals surface area contributed by atoms with Crippen LogP contribution in [0.2, 0.25) is 0 Å². The monoisotopic (exact) mass is 391 g/mol. The molecule has 0 aliphatic rings.